The van der Waals surface area contributed by atoms with Crippen LogP contribution >= 0.6 is 0 Å². The van der Waals surface area contributed by atoms with Gasteiger partial charge in [0.15, 0.2) is 0 Å². The Morgan fingerprint density at radius 2 is 2.17 bits per heavy atom. The number of nitrogens with zero attached hydrogens (tertiary/aromatic N) is 2. The van der Waals surface area contributed by atoms with E-state index in [0.29, 0.717) is 5.92 Å². The van der Waals surface area contributed by atoms with E-state index in [1.165, 1.54) is 0 Å². The number of hydrogen-bond donors (Lipinski definition) is 1. The fraction of sp³-hybridized carbons (Fsp3) is 0.684. The van der Waals surface area contributed by atoms with Crippen molar-refractivity contribution in [3.8, 4) is 0 Å². The first-order valence-corrected chi connectivity index (χ1v) is 8.75. The molecule has 1 aromatic heterocycles. The van der Waals surface area contributed by atoms with E-state index in [4.69, 9.17) is 10.5 Å². The van der Waals surface area contributed by atoms with Crippen molar-refractivity contribution in [1.29, 1.82) is 0 Å². The second kappa shape index (κ2) is 7.09. The maximum absolute atomic E-state index is 12.5. The largest absolute Gasteiger partial charge is 0.444 e. The number of ether oxygens (including phenoxy) is 1. The molecule has 5 heteroatoms. The average molecular weight is 333 g/mol. The number of nitrogens with two attached hydrogens (primary N) is 1. The smallest absolute Gasteiger partial charge is 0.410 e. The van der Waals surface area contributed by atoms with Gasteiger partial charge in [0.1, 0.15) is 5.60 Å². The molecule has 5 nitrogen and oxygen atoms in total. The molecule has 1 amide bonds. The second-order valence-electron chi connectivity index (χ2n) is 8.41. The predicted molar refractivity (Wildman–Crippen MR) is 95.5 cm³/mol. The van der Waals surface area contributed by atoms with Crippen LogP contribution in [0.2, 0.25) is 0 Å². The Balaban J connectivity index is 1.91. The summed E-state index contributed by atoms with van der Waals surface area (Å²) in [5.41, 5.74) is 6.54. The molecule has 2 unspecified atom stereocenters. The Hall–Kier alpha value is -1.62. The van der Waals surface area contributed by atoms with Crippen molar-refractivity contribution in [2.24, 2.45) is 11.7 Å². The number of aromatic nitrogens is 1. The van der Waals surface area contributed by atoms with Crippen LogP contribution in [0.1, 0.15) is 65.6 Å². The maximum Gasteiger partial charge on any atom is 0.410 e. The van der Waals surface area contributed by atoms with Crippen molar-refractivity contribution in [3.05, 3.63) is 30.1 Å². The summed E-state index contributed by atoms with van der Waals surface area (Å²) >= 11 is 0. The number of rotatable bonds is 4. The topological polar surface area (TPSA) is 68.5 Å². The van der Waals surface area contributed by atoms with Crippen LogP contribution in [0.3, 0.4) is 0 Å². The Morgan fingerprint density at radius 3 is 2.75 bits per heavy atom. The van der Waals surface area contributed by atoms with E-state index in [1.54, 1.807) is 6.20 Å². The van der Waals surface area contributed by atoms with E-state index in [9.17, 15) is 4.79 Å². The Morgan fingerprint density at radius 1 is 1.46 bits per heavy atom. The molecule has 0 aromatic carbocycles. The first-order chi connectivity index (χ1) is 11.1. The lowest BCUT2D eigenvalue weighted by Gasteiger charge is -2.33. The predicted octanol–water partition coefficient (Wildman–Crippen LogP) is 3.90. The maximum atomic E-state index is 12.5. The third kappa shape index (κ3) is 4.94. The van der Waals surface area contributed by atoms with Gasteiger partial charge in [-0.1, -0.05) is 6.07 Å². The minimum Gasteiger partial charge on any atom is -0.444 e. The lowest BCUT2D eigenvalue weighted by atomic mass is 9.91. The number of carbonyl (C=O) groups excluding carboxylic acids is 1. The zero-order valence-electron chi connectivity index (χ0n) is 15.6. The molecule has 2 heterocycles. The number of carbonyl (C=O) groups is 1. The van der Waals surface area contributed by atoms with Gasteiger partial charge in [0, 0.05) is 24.3 Å². The highest BCUT2D eigenvalue weighted by Gasteiger charge is 2.42. The molecule has 1 aromatic rings. The van der Waals surface area contributed by atoms with E-state index < -0.39 is 5.60 Å². The number of amides is 1. The zero-order chi connectivity index (χ0) is 18.0. The summed E-state index contributed by atoms with van der Waals surface area (Å²) in [6.07, 6.45) is 4.39. The second-order valence-corrected chi connectivity index (χ2v) is 8.41. The van der Waals surface area contributed by atoms with Crippen molar-refractivity contribution in [1.82, 2.24) is 9.88 Å². The van der Waals surface area contributed by atoms with E-state index in [1.807, 2.05) is 43.9 Å². The molecule has 0 radical (unpaired) electrons. The summed E-state index contributed by atoms with van der Waals surface area (Å²) < 4.78 is 5.55. The lowest BCUT2D eigenvalue weighted by Crippen LogP contribution is -2.45. The molecule has 0 spiro atoms. The Bertz CT molecular complexity index is 551. The number of hydrogen-bond acceptors (Lipinski definition) is 4. The van der Waals surface area contributed by atoms with Gasteiger partial charge in [-0.25, -0.2) is 4.79 Å². The van der Waals surface area contributed by atoms with Gasteiger partial charge >= 0.3 is 6.09 Å². The van der Waals surface area contributed by atoms with Crippen LogP contribution in [-0.4, -0.2) is 33.7 Å². The van der Waals surface area contributed by atoms with Gasteiger partial charge in [-0.05, 0) is 71.9 Å². The number of pyridine rings is 1. The van der Waals surface area contributed by atoms with Crippen LogP contribution < -0.4 is 5.73 Å². The van der Waals surface area contributed by atoms with Crippen molar-refractivity contribution in [2.45, 2.75) is 71.1 Å². The van der Waals surface area contributed by atoms with Crippen molar-refractivity contribution in [2.75, 3.05) is 6.54 Å². The molecule has 1 saturated heterocycles. The molecule has 2 atom stereocenters. The van der Waals surface area contributed by atoms with Crippen LogP contribution in [0.4, 0.5) is 4.79 Å². The van der Waals surface area contributed by atoms with Gasteiger partial charge in [-0.2, -0.15) is 0 Å². The molecule has 1 aliphatic rings. The monoisotopic (exact) mass is 333 g/mol. The standard InChI is InChI=1S/C19H31N3O2/c1-18(2,3)24-17(23)22-13-14(12-19(22,4)5)9-10-15(20)16-8-6-7-11-21-16/h6-8,11,14-15H,9-10,12-13,20H2,1-5H3. The molecular weight excluding hydrogens is 302 g/mol. The van der Waals surface area contributed by atoms with Gasteiger partial charge in [0.25, 0.3) is 0 Å². The third-order valence-electron chi connectivity index (χ3n) is 4.53. The molecular formula is C19H31N3O2. The first kappa shape index (κ1) is 18.7. The Kier molecular flexibility index (Phi) is 5.53. The minimum atomic E-state index is -0.466. The van der Waals surface area contributed by atoms with E-state index >= 15 is 0 Å². The molecule has 2 rings (SSSR count). The van der Waals surface area contributed by atoms with E-state index in [2.05, 4.69) is 18.8 Å². The van der Waals surface area contributed by atoms with Gasteiger partial charge in [0.2, 0.25) is 0 Å². The summed E-state index contributed by atoms with van der Waals surface area (Å²) in [4.78, 5) is 18.6. The highest BCUT2D eigenvalue weighted by Crippen LogP contribution is 2.36. The van der Waals surface area contributed by atoms with Gasteiger partial charge in [-0.3, -0.25) is 4.98 Å². The van der Waals surface area contributed by atoms with E-state index in [-0.39, 0.29) is 17.7 Å². The average Bonchev–Trinajstić information content (AvgIpc) is 2.79. The Labute approximate surface area is 145 Å². The fourth-order valence-electron chi connectivity index (χ4n) is 3.38. The van der Waals surface area contributed by atoms with Gasteiger partial charge in [-0.15, -0.1) is 0 Å². The van der Waals surface area contributed by atoms with Crippen molar-refractivity contribution in [3.63, 3.8) is 0 Å². The summed E-state index contributed by atoms with van der Waals surface area (Å²) in [6.45, 7) is 10.6. The van der Waals surface area contributed by atoms with Crippen molar-refractivity contribution < 1.29 is 9.53 Å². The van der Waals surface area contributed by atoms with E-state index in [0.717, 1.165) is 31.5 Å². The molecule has 0 aliphatic carbocycles. The van der Waals surface area contributed by atoms with Crippen LogP contribution in [0.5, 0.6) is 0 Å². The minimum absolute atomic E-state index is 0.0510. The van der Waals surface area contributed by atoms with Crippen LogP contribution in [0, 0.1) is 5.92 Å². The first-order valence-electron chi connectivity index (χ1n) is 8.75. The molecule has 0 saturated carbocycles. The number of likely N-dealkylation sites (tertiary alicyclic amines) is 1. The lowest BCUT2D eigenvalue weighted by molar-refractivity contribution is 0.0131. The molecule has 134 valence electrons. The normalized spacial score (nSPS) is 21.6. The molecule has 2 N–H and O–H groups in total. The van der Waals surface area contributed by atoms with Gasteiger partial charge < -0.3 is 15.4 Å². The summed E-state index contributed by atoms with van der Waals surface area (Å²) in [5, 5.41) is 0. The fourth-order valence-corrected chi connectivity index (χ4v) is 3.38. The summed E-state index contributed by atoms with van der Waals surface area (Å²) in [5.74, 6) is 0.447. The zero-order valence-corrected chi connectivity index (χ0v) is 15.6. The van der Waals surface area contributed by atoms with Crippen LogP contribution in [0.25, 0.3) is 0 Å². The van der Waals surface area contributed by atoms with Crippen LogP contribution in [0.15, 0.2) is 24.4 Å². The summed E-state index contributed by atoms with van der Waals surface area (Å²) in [6, 6.07) is 5.78. The molecule has 1 aliphatic heterocycles. The van der Waals surface area contributed by atoms with Crippen molar-refractivity contribution >= 4 is 6.09 Å². The SMILES string of the molecule is CC(C)(C)OC(=O)N1CC(CCC(N)c2ccccn2)CC1(C)C. The third-order valence-corrected chi connectivity index (χ3v) is 4.53. The highest BCUT2D eigenvalue weighted by atomic mass is 16.6. The highest BCUT2D eigenvalue weighted by molar-refractivity contribution is 5.69. The van der Waals surface area contributed by atoms with Crippen LogP contribution in [-0.2, 0) is 4.74 Å². The molecule has 1 fully saturated rings. The quantitative estimate of drug-likeness (QED) is 0.907. The van der Waals surface area contributed by atoms with Gasteiger partial charge in [0.05, 0.1) is 5.69 Å². The molecule has 0 bridgehead atoms. The molecule has 24 heavy (non-hydrogen) atoms. The summed E-state index contributed by atoms with van der Waals surface area (Å²) in [7, 11) is 0.